The van der Waals surface area contributed by atoms with Gasteiger partial charge in [0.05, 0.1) is 6.61 Å². The first-order valence-electron chi connectivity index (χ1n) is 5.22. The third kappa shape index (κ3) is 5.45. The molecule has 0 amide bonds. The fourth-order valence-electron chi connectivity index (χ4n) is 1.16. The number of hydrogen-bond acceptors (Lipinski definition) is 2. The minimum absolute atomic E-state index is 0.431. The summed E-state index contributed by atoms with van der Waals surface area (Å²) in [5.41, 5.74) is 2.35. The summed E-state index contributed by atoms with van der Waals surface area (Å²) >= 11 is 3.33. The zero-order valence-electron chi connectivity index (χ0n) is 9.70. The SMILES string of the molecule is C=Cc1ccc(CCOOC(C)(C)Br)cc1. The highest BCUT2D eigenvalue weighted by atomic mass is 79.9. The standard InChI is InChI=1S/C13H17BrO2/c1-4-11-5-7-12(8-6-11)9-10-15-16-13(2,3)14/h4-8H,1,9-10H2,2-3H3. The van der Waals surface area contributed by atoms with Crippen molar-refractivity contribution in [2.75, 3.05) is 6.61 Å². The molecule has 0 saturated heterocycles. The molecule has 88 valence electrons. The molecule has 1 aromatic carbocycles. The van der Waals surface area contributed by atoms with Crippen LogP contribution in [0, 0.1) is 0 Å². The Morgan fingerprint density at radius 3 is 2.44 bits per heavy atom. The van der Waals surface area contributed by atoms with Crippen molar-refractivity contribution < 1.29 is 9.78 Å². The molecular formula is C13H17BrO2. The maximum absolute atomic E-state index is 5.10. The lowest BCUT2D eigenvalue weighted by Crippen LogP contribution is -2.16. The van der Waals surface area contributed by atoms with E-state index < -0.39 is 4.51 Å². The van der Waals surface area contributed by atoms with Crippen LogP contribution in [0.5, 0.6) is 0 Å². The Kier molecular flexibility index (Phi) is 5.19. The number of rotatable bonds is 6. The average Bonchev–Trinajstić information content (AvgIpc) is 2.24. The summed E-state index contributed by atoms with van der Waals surface area (Å²) in [5, 5.41) is 0. The van der Waals surface area contributed by atoms with Gasteiger partial charge in [0, 0.05) is 0 Å². The van der Waals surface area contributed by atoms with Gasteiger partial charge in [-0.1, -0.05) is 52.9 Å². The molecule has 1 rings (SSSR count). The van der Waals surface area contributed by atoms with Gasteiger partial charge in [0.1, 0.15) is 0 Å². The number of benzene rings is 1. The first-order chi connectivity index (χ1) is 7.51. The van der Waals surface area contributed by atoms with Crippen molar-refractivity contribution in [3.8, 4) is 0 Å². The van der Waals surface area contributed by atoms with E-state index in [1.54, 1.807) is 0 Å². The Bertz CT molecular complexity index is 325. The lowest BCUT2D eigenvalue weighted by Gasteiger charge is -2.15. The highest BCUT2D eigenvalue weighted by molar-refractivity contribution is 9.10. The molecule has 3 heteroatoms. The monoisotopic (exact) mass is 284 g/mol. The largest absolute Gasteiger partial charge is 0.235 e. The van der Waals surface area contributed by atoms with E-state index in [1.165, 1.54) is 5.56 Å². The summed E-state index contributed by atoms with van der Waals surface area (Å²) in [5.74, 6) is 0. The van der Waals surface area contributed by atoms with Crippen molar-refractivity contribution in [1.82, 2.24) is 0 Å². The molecule has 0 atom stereocenters. The van der Waals surface area contributed by atoms with Crippen molar-refractivity contribution in [3.05, 3.63) is 42.0 Å². The fraction of sp³-hybridized carbons (Fsp3) is 0.385. The molecule has 16 heavy (non-hydrogen) atoms. The molecule has 0 fully saturated rings. The van der Waals surface area contributed by atoms with Crippen LogP contribution in [-0.4, -0.2) is 11.1 Å². The summed E-state index contributed by atoms with van der Waals surface area (Å²) in [4.78, 5) is 10.2. The maximum atomic E-state index is 5.10. The molecule has 0 bridgehead atoms. The van der Waals surface area contributed by atoms with Gasteiger partial charge in [-0.3, -0.25) is 0 Å². The molecule has 0 N–H and O–H groups in total. The lowest BCUT2D eigenvalue weighted by atomic mass is 10.1. The predicted molar refractivity (Wildman–Crippen MR) is 70.3 cm³/mol. The zero-order chi connectivity index (χ0) is 12.0. The Labute approximate surface area is 105 Å². The molecule has 0 unspecified atom stereocenters. The molecule has 0 saturated carbocycles. The Hall–Kier alpha value is -0.640. The lowest BCUT2D eigenvalue weighted by molar-refractivity contribution is -0.325. The van der Waals surface area contributed by atoms with Crippen molar-refractivity contribution in [2.24, 2.45) is 0 Å². The van der Waals surface area contributed by atoms with E-state index in [1.807, 2.05) is 32.1 Å². The van der Waals surface area contributed by atoms with Crippen LogP contribution in [0.25, 0.3) is 6.08 Å². The minimum atomic E-state index is -0.431. The molecule has 0 aliphatic carbocycles. The third-order valence-corrected chi connectivity index (χ3v) is 2.08. The van der Waals surface area contributed by atoms with Crippen molar-refractivity contribution in [3.63, 3.8) is 0 Å². The van der Waals surface area contributed by atoms with E-state index in [0.29, 0.717) is 6.61 Å². The maximum Gasteiger partial charge on any atom is 0.152 e. The van der Waals surface area contributed by atoms with E-state index in [2.05, 4.69) is 34.6 Å². The molecule has 0 aliphatic rings. The van der Waals surface area contributed by atoms with Crippen LogP contribution in [0.1, 0.15) is 25.0 Å². The van der Waals surface area contributed by atoms with E-state index in [-0.39, 0.29) is 0 Å². The van der Waals surface area contributed by atoms with E-state index in [0.717, 1.165) is 12.0 Å². The Balaban J connectivity index is 2.29. The molecule has 0 heterocycles. The van der Waals surface area contributed by atoms with Gasteiger partial charge in [-0.2, -0.15) is 0 Å². The smallest absolute Gasteiger partial charge is 0.152 e. The van der Waals surface area contributed by atoms with E-state index >= 15 is 0 Å². The quantitative estimate of drug-likeness (QED) is 0.341. The van der Waals surface area contributed by atoms with Gasteiger partial charge in [0.15, 0.2) is 4.51 Å². The Morgan fingerprint density at radius 2 is 1.94 bits per heavy atom. The first kappa shape index (κ1) is 13.4. The summed E-state index contributed by atoms with van der Waals surface area (Å²) < 4.78 is -0.431. The molecule has 0 aromatic heterocycles. The van der Waals surface area contributed by atoms with Crippen LogP contribution in [0.4, 0.5) is 0 Å². The molecule has 0 radical (unpaired) electrons. The van der Waals surface area contributed by atoms with Gasteiger partial charge < -0.3 is 0 Å². The van der Waals surface area contributed by atoms with E-state index in [4.69, 9.17) is 9.78 Å². The summed E-state index contributed by atoms with van der Waals surface area (Å²) in [6, 6.07) is 8.22. The van der Waals surface area contributed by atoms with Gasteiger partial charge in [-0.05, 0) is 31.4 Å². The molecular weight excluding hydrogens is 268 g/mol. The molecule has 1 aromatic rings. The fourth-order valence-corrected chi connectivity index (χ4v) is 1.26. The van der Waals surface area contributed by atoms with Gasteiger partial charge >= 0.3 is 0 Å². The highest BCUT2D eigenvalue weighted by Gasteiger charge is 2.13. The topological polar surface area (TPSA) is 18.5 Å². The normalized spacial score (nSPS) is 11.4. The highest BCUT2D eigenvalue weighted by Crippen LogP contribution is 2.17. The predicted octanol–water partition coefficient (Wildman–Crippen LogP) is 3.95. The van der Waals surface area contributed by atoms with Crippen molar-refractivity contribution in [1.29, 1.82) is 0 Å². The average molecular weight is 285 g/mol. The molecule has 0 aliphatic heterocycles. The minimum Gasteiger partial charge on any atom is -0.235 e. The third-order valence-electron chi connectivity index (χ3n) is 1.95. The van der Waals surface area contributed by atoms with Crippen molar-refractivity contribution >= 4 is 22.0 Å². The second kappa shape index (κ2) is 6.18. The van der Waals surface area contributed by atoms with Crippen LogP contribution in [0.15, 0.2) is 30.8 Å². The van der Waals surface area contributed by atoms with Crippen molar-refractivity contribution in [2.45, 2.75) is 24.8 Å². The van der Waals surface area contributed by atoms with Gasteiger partial charge in [-0.25, -0.2) is 9.78 Å². The first-order valence-corrected chi connectivity index (χ1v) is 6.01. The van der Waals surface area contributed by atoms with Crippen LogP contribution in [-0.2, 0) is 16.2 Å². The summed E-state index contributed by atoms with van der Waals surface area (Å²) in [6.45, 7) is 8.02. The number of alkyl halides is 1. The summed E-state index contributed by atoms with van der Waals surface area (Å²) in [6.07, 6.45) is 2.66. The van der Waals surface area contributed by atoms with Crippen LogP contribution < -0.4 is 0 Å². The van der Waals surface area contributed by atoms with Crippen LogP contribution in [0.3, 0.4) is 0 Å². The molecule has 0 spiro atoms. The van der Waals surface area contributed by atoms with E-state index in [9.17, 15) is 0 Å². The second-order valence-corrected chi connectivity index (χ2v) is 5.87. The van der Waals surface area contributed by atoms with Crippen LogP contribution >= 0.6 is 15.9 Å². The second-order valence-electron chi connectivity index (χ2n) is 3.96. The molecule has 2 nitrogen and oxygen atoms in total. The van der Waals surface area contributed by atoms with Crippen LogP contribution in [0.2, 0.25) is 0 Å². The summed E-state index contributed by atoms with van der Waals surface area (Å²) in [7, 11) is 0. The van der Waals surface area contributed by atoms with Gasteiger partial charge in [-0.15, -0.1) is 0 Å². The Morgan fingerprint density at radius 1 is 1.31 bits per heavy atom. The number of halogens is 1. The van der Waals surface area contributed by atoms with Gasteiger partial charge in [0.2, 0.25) is 0 Å². The number of hydrogen-bond donors (Lipinski definition) is 0. The van der Waals surface area contributed by atoms with Gasteiger partial charge in [0.25, 0.3) is 0 Å². The zero-order valence-corrected chi connectivity index (χ0v) is 11.3.